The van der Waals surface area contributed by atoms with E-state index < -0.39 is 0 Å². The summed E-state index contributed by atoms with van der Waals surface area (Å²) in [5.41, 5.74) is 1.90. The van der Waals surface area contributed by atoms with E-state index in [4.69, 9.17) is 4.74 Å². The number of nitrogens with zero attached hydrogens (tertiary/aromatic N) is 5. The molecule has 0 N–H and O–H groups in total. The number of halogens is 1. The first kappa shape index (κ1) is 21.0. The van der Waals surface area contributed by atoms with Gasteiger partial charge in [-0.25, -0.2) is 19.0 Å². The molecule has 2 aliphatic rings. The normalized spacial score (nSPS) is 17.8. The highest BCUT2D eigenvalue weighted by atomic mass is 32.1. The summed E-state index contributed by atoms with van der Waals surface area (Å²) in [6.45, 7) is 1.01. The number of carbonyl (C=O) groups excluding carboxylic acids is 1. The highest BCUT2D eigenvalue weighted by molar-refractivity contribution is 7.13. The van der Waals surface area contributed by atoms with Gasteiger partial charge in [0.25, 0.3) is 5.91 Å². The summed E-state index contributed by atoms with van der Waals surface area (Å²) >= 11 is 1.50. The average molecular weight is 476 g/mol. The molecule has 9 heteroatoms. The Hall–Kier alpha value is -3.59. The van der Waals surface area contributed by atoms with Crippen LogP contribution in [0.15, 0.2) is 60.1 Å². The molecule has 34 heavy (non-hydrogen) atoms. The Labute approximate surface area is 199 Å². The summed E-state index contributed by atoms with van der Waals surface area (Å²) in [4.78, 5) is 24.8. The van der Waals surface area contributed by atoms with Gasteiger partial charge in [0.15, 0.2) is 5.82 Å². The molecule has 1 amide bonds. The first-order chi connectivity index (χ1) is 16.6. The van der Waals surface area contributed by atoms with Gasteiger partial charge in [0, 0.05) is 25.2 Å². The minimum atomic E-state index is -0.336. The number of carbonyl (C=O) groups is 1. The van der Waals surface area contributed by atoms with Crippen molar-refractivity contribution in [1.29, 1.82) is 0 Å². The average Bonchev–Trinajstić information content (AvgIpc) is 3.23. The van der Waals surface area contributed by atoms with E-state index in [0.29, 0.717) is 42.8 Å². The van der Waals surface area contributed by atoms with Crippen molar-refractivity contribution in [2.24, 2.45) is 0 Å². The second kappa shape index (κ2) is 8.64. The van der Waals surface area contributed by atoms with Gasteiger partial charge in [-0.1, -0.05) is 12.1 Å². The molecular formula is C25H22FN5O2S. The van der Waals surface area contributed by atoms with E-state index in [1.165, 1.54) is 41.9 Å². The summed E-state index contributed by atoms with van der Waals surface area (Å²) < 4.78 is 21.1. The maximum Gasteiger partial charge on any atom is 0.293 e. The highest BCUT2D eigenvalue weighted by Gasteiger charge is 2.32. The molecule has 1 saturated heterocycles. The zero-order valence-corrected chi connectivity index (χ0v) is 19.1. The Balaban J connectivity index is 1.19. The number of ether oxygens (including phenoxy) is 1. The van der Waals surface area contributed by atoms with E-state index in [9.17, 15) is 9.18 Å². The molecule has 7 nitrogen and oxygen atoms in total. The van der Waals surface area contributed by atoms with Crippen molar-refractivity contribution in [3.63, 3.8) is 0 Å². The lowest BCUT2D eigenvalue weighted by molar-refractivity contribution is 0.0759. The quantitative estimate of drug-likeness (QED) is 0.404. The molecule has 4 aromatic rings. The monoisotopic (exact) mass is 475 g/mol. The minimum Gasteiger partial charge on any atom is -0.472 e. The third kappa shape index (κ3) is 4.19. The van der Waals surface area contributed by atoms with Gasteiger partial charge in [-0.3, -0.25) is 4.79 Å². The summed E-state index contributed by atoms with van der Waals surface area (Å²) in [5.74, 6) is 1.32. The Kier molecular flexibility index (Phi) is 5.33. The maximum absolute atomic E-state index is 13.4. The second-order valence-corrected chi connectivity index (χ2v) is 9.56. The smallest absolute Gasteiger partial charge is 0.293 e. The van der Waals surface area contributed by atoms with Gasteiger partial charge in [-0.05, 0) is 60.0 Å². The summed E-state index contributed by atoms with van der Waals surface area (Å²) in [6.07, 6.45) is 4.96. The van der Waals surface area contributed by atoms with Crippen molar-refractivity contribution in [3.05, 3.63) is 77.3 Å². The Morgan fingerprint density at radius 2 is 1.94 bits per heavy atom. The van der Waals surface area contributed by atoms with Crippen LogP contribution in [-0.2, 0) is 0 Å². The fraction of sp³-hybridized carbons (Fsp3) is 0.280. The molecule has 172 valence electrons. The molecule has 2 fully saturated rings. The van der Waals surface area contributed by atoms with Crippen molar-refractivity contribution in [3.8, 4) is 22.3 Å². The van der Waals surface area contributed by atoms with Gasteiger partial charge in [0.2, 0.25) is 11.7 Å². The van der Waals surface area contributed by atoms with Crippen LogP contribution in [0.3, 0.4) is 0 Å². The van der Waals surface area contributed by atoms with Crippen LogP contribution in [0.2, 0.25) is 0 Å². The number of hydrogen-bond acceptors (Lipinski definition) is 6. The molecular weight excluding hydrogens is 453 g/mol. The van der Waals surface area contributed by atoms with Crippen LogP contribution < -0.4 is 4.74 Å². The lowest BCUT2D eigenvalue weighted by Crippen LogP contribution is -2.31. The van der Waals surface area contributed by atoms with E-state index >= 15 is 0 Å². The Morgan fingerprint density at radius 1 is 1.09 bits per heavy atom. The van der Waals surface area contributed by atoms with Crippen molar-refractivity contribution < 1.29 is 13.9 Å². The van der Waals surface area contributed by atoms with Crippen LogP contribution in [0.5, 0.6) is 5.88 Å². The van der Waals surface area contributed by atoms with Crippen LogP contribution in [-0.4, -0.2) is 49.7 Å². The number of amides is 1. The molecule has 1 saturated carbocycles. The first-order valence-corrected chi connectivity index (χ1v) is 12.2. The molecule has 3 aromatic heterocycles. The largest absolute Gasteiger partial charge is 0.472 e. The van der Waals surface area contributed by atoms with E-state index in [-0.39, 0.29) is 23.7 Å². The lowest BCUT2D eigenvalue weighted by Gasteiger charge is -2.15. The molecule has 1 atom stereocenters. The molecule has 0 bridgehead atoms. The number of likely N-dealkylation sites (tertiary alicyclic amines) is 1. The van der Waals surface area contributed by atoms with E-state index in [2.05, 4.69) is 21.1 Å². The molecule has 1 aliphatic carbocycles. The SMILES string of the molecule is O=C(c1nc(-c2cccs2)n(-c2ccc(F)cc2)n1)N1CCC(Oc2ccc(C3CC3)cn2)C1. The van der Waals surface area contributed by atoms with Crippen molar-refractivity contribution in [2.45, 2.75) is 31.3 Å². The molecule has 0 spiro atoms. The van der Waals surface area contributed by atoms with Crippen LogP contribution in [0.4, 0.5) is 4.39 Å². The van der Waals surface area contributed by atoms with Crippen LogP contribution >= 0.6 is 11.3 Å². The van der Waals surface area contributed by atoms with Crippen LogP contribution in [0, 0.1) is 5.82 Å². The fourth-order valence-electron chi connectivity index (χ4n) is 4.17. The number of pyridine rings is 1. The van der Waals surface area contributed by atoms with Crippen LogP contribution in [0.1, 0.15) is 41.4 Å². The number of rotatable bonds is 6. The standard InChI is InChI=1S/C25H22FN5O2S/c26-18-6-8-19(9-7-18)31-24(21-2-1-13-34-21)28-23(29-31)25(32)30-12-11-20(15-30)33-22-10-5-17(14-27-22)16-3-4-16/h1-2,5-10,13-14,16,20H,3-4,11-12,15H2. The zero-order chi connectivity index (χ0) is 23.1. The van der Waals surface area contributed by atoms with Gasteiger partial charge < -0.3 is 9.64 Å². The van der Waals surface area contributed by atoms with Crippen molar-refractivity contribution >= 4 is 17.2 Å². The summed E-state index contributed by atoms with van der Waals surface area (Å²) in [6, 6.07) is 13.8. The number of aromatic nitrogens is 4. The van der Waals surface area contributed by atoms with Gasteiger partial charge in [0.1, 0.15) is 11.9 Å². The summed E-state index contributed by atoms with van der Waals surface area (Å²) in [5, 5.41) is 6.44. The summed E-state index contributed by atoms with van der Waals surface area (Å²) in [7, 11) is 0. The van der Waals surface area contributed by atoms with Gasteiger partial charge in [-0.15, -0.1) is 16.4 Å². The maximum atomic E-state index is 13.4. The molecule has 1 aliphatic heterocycles. The van der Waals surface area contributed by atoms with E-state index in [1.807, 2.05) is 29.8 Å². The van der Waals surface area contributed by atoms with E-state index in [0.717, 1.165) is 4.88 Å². The Morgan fingerprint density at radius 3 is 2.65 bits per heavy atom. The van der Waals surface area contributed by atoms with Gasteiger partial charge in [-0.2, -0.15) is 0 Å². The molecule has 1 unspecified atom stereocenters. The van der Waals surface area contributed by atoms with Crippen LogP contribution in [0.25, 0.3) is 16.4 Å². The molecule has 0 radical (unpaired) electrons. The first-order valence-electron chi connectivity index (χ1n) is 11.3. The lowest BCUT2D eigenvalue weighted by atomic mass is 10.2. The number of benzene rings is 1. The third-order valence-electron chi connectivity index (χ3n) is 6.14. The predicted molar refractivity (Wildman–Crippen MR) is 126 cm³/mol. The third-order valence-corrected chi connectivity index (χ3v) is 7.00. The minimum absolute atomic E-state index is 0.111. The number of thiophene rings is 1. The van der Waals surface area contributed by atoms with Gasteiger partial charge in [0.05, 0.1) is 17.1 Å². The molecule has 6 rings (SSSR count). The molecule has 1 aromatic carbocycles. The highest BCUT2D eigenvalue weighted by Crippen LogP contribution is 2.40. The van der Waals surface area contributed by atoms with Gasteiger partial charge >= 0.3 is 0 Å². The van der Waals surface area contributed by atoms with E-state index in [1.54, 1.807) is 21.7 Å². The predicted octanol–water partition coefficient (Wildman–Crippen LogP) is 4.70. The molecule has 4 heterocycles. The topological polar surface area (TPSA) is 73.1 Å². The number of hydrogen-bond donors (Lipinski definition) is 0. The second-order valence-electron chi connectivity index (χ2n) is 8.61. The van der Waals surface area contributed by atoms with Crippen molar-refractivity contribution in [1.82, 2.24) is 24.6 Å². The van der Waals surface area contributed by atoms with Crippen molar-refractivity contribution in [2.75, 3.05) is 13.1 Å². The zero-order valence-electron chi connectivity index (χ0n) is 18.3. The Bertz CT molecular complexity index is 1300. The fourth-order valence-corrected chi connectivity index (χ4v) is 4.87.